The summed E-state index contributed by atoms with van der Waals surface area (Å²) in [6.07, 6.45) is 4.33. The highest BCUT2D eigenvalue weighted by Gasteiger charge is 2.16. The fourth-order valence-electron chi connectivity index (χ4n) is 1.93. The van der Waals surface area contributed by atoms with E-state index in [1.807, 2.05) is 0 Å². The Hall–Kier alpha value is -1.47. The number of nitrogens with one attached hydrogen (secondary N) is 1. The summed E-state index contributed by atoms with van der Waals surface area (Å²) >= 11 is 1.04. The lowest BCUT2D eigenvalue weighted by molar-refractivity contribution is 0.0117. The number of aromatic carboxylic acids is 1. The average Bonchev–Trinajstić information content (AvgIpc) is 2.89. The molecule has 1 atom stereocenters. The Labute approximate surface area is 114 Å². The third-order valence-corrected chi connectivity index (χ3v) is 3.78. The van der Waals surface area contributed by atoms with E-state index in [4.69, 9.17) is 9.84 Å². The van der Waals surface area contributed by atoms with Gasteiger partial charge in [-0.2, -0.15) is 0 Å². The number of hydrogen-bond donors (Lipinski definition) is 2. The maximum absolute atomic E-state index is 11.7. The maximum Gasteiger partial charge on any atom is 0.355 e. The Balaban J connectivity index is 1.75. The van der Waals surface area contributed by atoms with E-state index < -0.39 is 5.97 Å². The molecule has 1 fully saturated rings. The zero-order valence-electron chi connectivity index (χ0n) is 10.4. The lowest BCUT2D eigenvalue weighted by atomic mass is 10.1. The highest BCUT2D eigenvalue weighted by atomic mass is 32.1. The van der Waals surface area contributed by atoms with Crippen molar-refractivity contribution in [1.82, 2.24) is 10.3 Å². The summed E-state index contributed by atoms with van der Waals surface area (Å²) in [5.41, 5.74) is -0.0919. The molecule has 104 valence electrons. The molecule has 19 heavy (non-hydrogen) atoms. The third-order valence-electron chi connectivity index (χ3n) is 2.94. The van der Waals surface area contributed by atoms with E-state index in [0.29, 0.717) is 6.54 Å². The van der Waals surface area contributed by atoms with Gasteiger partial charge in [0.2, 0.25) is 0 Å². The summed E-state index contributed by atoms with van der Waals surface area (Å²) in [6, 6.07) is 0. The van der Waals surface area contributed by atoms with Gasteiger partial charge in [0.1, 0.15) is 0 Å². The van der Waals surface area contributed by atoms with E-state index >= 15 is 0 Å². The molecule has 0 bridgehead atoms. The first kappa shape index (κ1) is 14.0. The Morgan fingerprint density at radius 2 is 2.37 bits per heavy atom. The highest BCUT2D eigenvalue weighted by Crippen LogP contribution is 2.15. The van der Waals surface area contributed by atoms with E-state index in [0.717, 1.165) is 37.2 Å². The van der Waals surface area contributed by atoms with Gasteiger partial charge in [-0.25, -0.2) is 9.78 Å². The molecule has 2 rings (SSSR count). The van der Waals surface area contributed by atoms with Crippen LogP contribution in [0.15, 0.2) is 5.38 Å². The van der Waals surface area contributed by atoms with Crippen molar-refractivity contribution in [3.05, 3.63) is 16.1 Å². The number of ether oxygens (including phenoxy) is 1. The topological polar surface area (TPSA) is 88.5 Å². The first-order chi connectivity index (χ1) is 9.16. The van der Waals surface area contributed by atoms with Crippen molar-refractivity contribution in [3.8, 4) is 0 Å². The molecule has 0 saturated carbocycles. The van der Waals surface area contributed by atoms with Crippen LogP contribution in [0.3, 0.4) is 0 Å². The van der Waals surface area contributed by atoms with Gasteiger partial charge in [-0.05, 0) is 25.7 Å². The number of hydrogen-bond acceptors (Lipinski definition) is 5. The number of carbonyl (C=O) groups is 2. The van der Waals surface area contributed by atoms with E-state index in [2.05, 4.69) is 10.3 Å². The van der Waals surface area contributed by atoms with Gasteiger partial charge in [0.05, 0.1) is 6.10 Å². The predicted molar refractivity (Wildman–Crippen MR) is 69.6 cm³/mol. The SMILES string of the molecule is O=C(O)c1csc(C(=O)NCCC2CCCCO2)n1. The molecule has 6 nitrogen and oxygen atoms in total. The van der Waals surface area contributed by atoms with E-state index in [9.17, 15) is 9.59 Å². The number of rotatable bonds is 5. The summed E-state index contributed by atoms with van der Waals surface area (Å²) < 4.78 is 5.56. The number of nitrogens with zero attached hydrogens (tertiary/aromatic N) is 1. The van der Waals surface area contributed by atoms with Crippen LogP contribution in [0.1, 0.15) is 46.0 Å². The smallest absolute Gasteiger partial charge is 0.355 e. The van der Waals surface area contributed by atoms with E-state index in [1.54, 1.807) is 0 Å². The summed E-state index contributed by atoms with van der Waals surface area (Å²) in [5, 5.41) is 13.0. The van der Waals surface area contributed by atoms with Crippen molar-refractivity contribution in [2.45, 2.75) is 31.8 Å². The lowest BCUT2D eigenvalue weighted by Crippen LogP contribution is -2.29. The van der Waals surface area contributed by atoms with Crippen LogP contribution in [0.2, 0.25) is 0 Å². The number of carbonyl (C=O) groups excluding carboxylic acids is 1. The van der Waals surface area contributed by atoms with Gasteiger partial charge < -0.3 is 15.2 Å². The molecule has 1 saturated heterocycles. The second kappa shape index (κ2) is 6.63. The quantitative estimate of drug-likeness (QED) is 0.856. The number of thiazole rings is 1. The van der Waals surface area contributed by atoms with Gasteiger partial charge in [0.25, 0.3) is 5.91 Å². The van der Waals surface area contributed by atoms with Crippen molar-refractivity contribution in [3.63, 3.8) is 0 Å². The van der Waals surface area contributed by atoms with Crippen LogP contribution in [0.4, 0.5) is 0 Å². The van der Waals surface area contributed by atoms with Crippen LogP contribution in [-0.2, 0) is 4.74 Å². The average molecular weight is 284 g/mol. The first-order valence-corrected chi connectivity index (χ1v) is 7.13. The molecular weight excluding hydrogens is 268 g/mol. The molecule has 1 aliphatic heterocycles. The van der Waals surface area contributed by atoms with Crippen molar-refractivity contribution in [2.75, 3.05) is 13.2 Å². The molecule has 1 aromatic heterocycles. The van der Waals surface area contributed by atoms with Gasteiger partial charge in [-0.15, -0.1) is 11.3 Å². The summed E-state index contributed by atoms with van der Waals surface area (Å²) in [4.78, 5) is 26.1. The predicted octanol–water partition coefficient (Wildman–Crippen LogP) is 1.53. The zero-order valence-corrected chi connectivity index (χ0v) is 11.2. The molecule has 2 N–H and O–H groups in total. The van der Waals surface area contributed by atoms with Crippen molar-refractivity contribution in [2.24, 2.45) is 0 Å². The van der Waals surface area contributed by atoms with Gasteiger partial charge in [0.15, 0.2) is 10.7 Å². The Bertz CT molecular complexity index is 454. The van der Waals surface area contributed by atoms with Gasteiger partial charge >= 0.3 is 5.97 Å². The minimum absolute atomic E-state index is 0.0919. The number of carboxylic acids is 1. The molecule has 0 spiro atoms. The molecule has 1 unspecified atom stereocenters. The fraction of sp³-hybridized carbons (Fsp3) is 0.583. The number of carboxylic acid groups (broad SMARTS) is 1. The Kier molecular flexibility index (Phi) is 4.86. The lowest BCUT2D eigenvalue weighted by Gasteiger charge is -2.22. The molecule has 2 heterocycles. The summed E-state index contributed by atoms with van der Waals surface area (Å²) in [6.45, 7) is 1.32. The van der Waals surface area contributed by atoms with Crippen molar-refractivity contribution in [1.29, 1.82) is 0 Å². The minimum atomic E-state index is -1.12. The summed E-state index contributed by atoms with van der Waals surface area (Å²) in [5.74, 6) is -1.45. The molecular formula is C12H16N2O4S. The largest absolute Gasteiger partial charge is 0.476 e. The molecule has 1 aromatic rings. The maximum atomic E-state index is 11.7. The van der Waals surface area contributed by atoms with Crippen LogP contribution in [0.5, 0.6) is 0 Å². The Morgan fingerprint density at radius 1 is 1.53 bits per heavy atom. The molecule has 0 aromatic carbocycles. The summed E-state index contributed by atoms with van der Waals surface area (Å²) in [7, 11) is 0. The normalized spacial score (nSPS) is 19.1. The fourth-order valence-corrected chi connectivity index (χ4v) is 2.64. The third kappa shape index (κ3) is 4.00. The molecule has 1 aliphatic rings. The Morgan fingerprint density at radius 3 is 3.00 bits per heavy atom. The van der Waals surface area contributed by atoms with Crippen LogP contribution < -0.4 is 5.32 Å². The van der Waals surface area contributed by atoms with Crippen molar-refractivity contribution >= 4 is 23.2 Å². The molecule has 7 heteroatoms. The minimum Gasteiger partial charge on any atom is -0.476 e. The van der Waals surface area contributed by atoms with Crippen LogP contribution in [0.25, 0.3) is 0 Å². The van der Waals surface area contributed by atoms with E-state index in [-0.39, 0.29) is 22.7 Å². The van der Waals surface area contributed by atoms with Crippen LogP contribution >= 0.6 is 11.3 Å². The van der Waals surface area contributed by atoms with Crippen LogP contribution in [-0.4, -0.2) is 41.2 Å². The molecule has 0 aliphatic carbocycles. The van der Waals surface area contributed by atoms with E-state index in [1.165, 1.54) is 11.8 Å². The van der Waals surface area contributed by atoms with Gasteiger partial charge in [0, 0.05) is 18.5 Å². The monoisotopic (exact) mass is 284 g/mol. The molecule has 0 radical (unpaired) electrons. The second-order valence-corrected chi connectivity index (χ2v) is 5.23. The van der Waals surface area contributed by atoms with Gasteiger partial charge in [-0.1, -0.05) is 0 Å². The van der Waals surface area contributed by atoms with Crippen molar-refractivity contribution < 1.29 is 19.4 Å². The second-order valence-electron chi connectivity index (χ2n) is 4.38. The zero-order chi connectivity index (χ0) is 13.7. The first-order valence-electron chi connectivity index (χ1n) is 6.25. The number of aromatic nitrogens is 1. The number of amides is 1. The highest BCUT2D eigenvalue weighted by molar-refractivity contribution is 7.11. The standard InChI is InChI=1S/C12H16N2O4S/c15-10(11-14-9(7-19-11)12(16)17)13-5-4-8-3-1-2-6-18-8/h7-8H,1-6H2,(H,13,15)(H,16,17). The van der Waals surface area contributed by atoms with Gasteiger partial charge in [-0.3, -0.25) is 4.79 Å². The van der Waals surface area contributed by atoms with Crippen LogP contribution in [0, 0.1) is 0 Å². The molecule has 1 amide bonds.